The fourth-order valence-corrected chi connectivity index (χ4v) is 2.13. The summed E-state index contributed by atoms with van der Waals surface area (Å²) in [5, 5.41) is 20.3. The van der Waals surface area contributed by atoms with Gasteiger partial charge in [-0.05, 0) is 18.2 Å². The van der Waals surface area contributed by atoms with E-state index >= 15 is 0 Å². The number of nitrogens with one attached hydrogen (secondary N) is 2. The molecule has 0 aliphatic rings. The number of nitrogens with zero attached hydrogens (tertiary/aromatic N) is 1. The molecule has 0 saturated carbocycles. The summed E-state index contributed by atoms with van der Waals surface area (Å²) in [7, 11) is 0. The van der Waals surface area contributed by atoms with Gasteiger partial charge in [-0.15, -0.1) is 0 Å². The average molecular weight is 283 g/mol. The first-order chi connectivity index (χ1) is 10.3. The van der Waals surface area contributed by atoms with Crippen LogP contribution in [0, 0.1) is 0 Å². The van der Waals surface area contributed by atoms with Crippen molar-refractivity contribution < 1.29 is 9.52 Å². The summed E-state index contributed by atoms with van der Waals surface area (Å²) in [6.45, 7) is 1.03. The summed E-state index contributed by atoms with van der Waals surface area (Å²) in [5.74, 6) is 0.567. The number of benzene rings is 1. The van der Waals surface area contributed by atoms with Crippen LogP contribution in [0.15, 0.2) is 59.2 Å². The lowest BCUT2D eigenvalue weighted by Gasteiger charge is -2.08. The van der Waals surface area contributed by atoms with Gasteiger partial charge in [-0.3, -0.25) is 5.10 Å². The second-order valence-corrected chi connectivity index (χ2v) is 4.81. The molecule has 2 aromatic heterocycles. The first-order valence-corrected chi connectivity index (χ1v) is 6.85. The van der Waals surface area contributed by atoms with Gasteiger partial charge in [-0.2, -0.15) is 5.10 Å². The molecule has 0 saturated heterocycles. The average Bonchev–Trinajstić information content (AvgIpc) is 3.20. The van der Waals surface area contributed by atoms with Crippen LogP contribution in [0.5, 0.6) is 0 Å². The topological polar surface area (TPSA) is 74.1 Å². The van der Waals surface area contributed by atoms with Crippen LogP contribution in [-0.4, -0.2) is 21.8 Å². The van der Waals surface area contributed by atoms with E-state index in [2.05, 4.69) is 15.5 Å². The molecule has 0 aliphatic carbocycles. The van der Waals surface area contributed by atoms with Crippen LogP contribution in [0.4, 0.5) is 0 Å². The maximum atomic E-state index is 9.89. The molecule has 3 aromatic rings. The first-order valence-electron chi connectivity index (χ1n) is 6.85. The van der Waals surface area contributed by atoms with Crippen LogP contribution in [0.3, 0.4) is 0 Å². The lowest BCUT2D eigenvalue weighted by atomic mass is 10.1. The zero-order valence-corrected chi connectivity index (χ0v) is 11.5. The third-order valence-corrected chi connectivity index (χ3v) is 3.23. The first kappa shape index (κ1) is 13.6. The zero-order valence-electron chi connectivity index (χ0n) is 11.5. The van der Waals surface area contributed by atoms with Crippen molar-refractivity contribution in [1.29, 1.82) is 0 Å². The normalized spacial score (nSPS) is 12.4. The molecule has 0 fully saturated rings. The van der Waals surface area contributed by atoms with E-state index in [1.54, 1.807) is 18.4 Å². The molecule has 3 rings (SSSR count). The Morgan fingerprint density at radius 1 is 1.19 bits per heavy atom. The number of furan rings is 1. The number of hydrogen-bond acceptors (Lipinski definition) is 4. The van der Waals surface area contributed by atoms with Gasteiger partial charge in [0.15, 0.2) is 0 Å². The maximum Gasteiger partial charge on any atom is 0.133 e. The SMILES string of the molecule is OC(CNCc1cc(-c2ccccc2)n[nH]1)c1ccco1. The van der Waals surface area contributed by atoms with Crippen LogP contribution < -0.4 is 5.32 Å². The van der Waals surface area contributed by atoms with Crippen molar-refractivity contribution in [3.05, 3.63) is 66.2 Å². The summed E-state index contributed by atoms with van der Waals surface area (Å²) in [6, 6.07) is 15.5. The van der Waals surface area contributed by atoms with Gasteiger partial charge < -0.3 is 14.8 Å². The van der Waals surface area contributed by atoms with E-state index in [4.69, 9.17) is 4.42 Å². The lowest BCUT2D eigenvalue weighted by Crippen LogP contribution is -2.20. The minimum absolute atomic E-state index is 0.424. The summed E-state index contributed by atoms with van der Waals surface area (Å²) in [5.41, 5.74) is 2.97. The molecular weight excluding hydrogens is 266 g/mol. The van der Waals surface area contributed by atoms with Crippen molar-refractivity contribution in [2.45, 2.75) is 12.6 Å². The van der Waals surface area contributed by atoms with Crippen LogP contribution in [-0.2, 0) is 6.54 Å². The number of aromatic nitrogens is 2. The minimum atomic E-state index is -0.642. The Kier molecular flexibility index (Phi) is 4.14. The fourth-order valence-electron chi connectivity index (χ4n) is 2.13. The van der Waals surface area contributed by atoms with E-state index < -0.39 is 6.10 Å². The predicted octanol–water partition coefficient (Wildman–Crippen LogP) is 2.49. The predicted molar refractivity (Wildman–Crippen MR) is 79.4 cm³/mol. The van der Waals surface area contributed by atoms with E-state index in [1.807, 2.05) is 36.4 Å². The number of rotatable bonds is 6. The summed E-state index contributed by atoms with van der Waals surface area (Å²) in [6.07, 6.45) is 0.913. The Labute approximate surface area is 122 Å². The highest BCUT2D eigenvalue weighted by Crippen LogP contribution is 2.17. The standard InChI is InChI=1S/C16H17N3O2/c20-15(16-7-4-8-21-16)11-17-10-13-9-14(19-18-13)12-5-2-1-3-6-12/h1-9,15,17,20H,10-11H2,(H,18,19). The highest BCUT2D eigenvalue weighted by molar-refractivity contribution is 5.58. The van der Waals surface area contributed by atoms with Gasteiger partial charge in [0.2, 0.25) is 0 Å². The Bertz CT molecular complexity index is 662. The number of aliphatic hydroxyl groups excluding tert-OH is 1. The number of aromatic amines is 1. The Morgan fingerprint density at radius 2 is 2.05 bits per heavy atom. The Morgan fingerprint density at radius 3 is 2.81 bits per heavy atom. The van der Waals surface area contributed by atoms with Gasteiger partial charge in [-0.1, -0.05) is 30.3 Å². The van der Waals surface area contributed by atoms with Crippen molar-refractivity contribution in [1.82, 2.24) is 15.5 Å². The van der Waals surface area contributed by atoms with E-state index in [9.17, 15) is 5.11 Å². The summed E-state index contributed by atoms with van der Waals surface area (Å²) < 4.78 is 5.15. The minimum Gasteiger partial charge on any atom is -0.467 e. The highest BCUT2D eigenvalue weighted by Gasteiger charge is 2.10. The molecule has 0 bridgehead atoms. The van der Waals surface area contributed by atoms with E-state index in [0.717, 1.165) is 17.0 Å². The van der Waals surface area contributed by atoms with Crippen molar-refractivity contribution in [2.24, 2.45) is 0 Å². The molecule has 0 radical (unpaired) electrons. The second-order valence-electron chi connectivity index (χ2n) is 4.81. The Hall–Kier alpha value is -2.37. The van der Waals surface area contributed by atoms with Gasteiger partial charge in [0.05, 0.1) is 12.0 Å². The van der Waals surface area contributed by atoms with E-state index in [-0.39, 0.29) is 0 Å². The highest BCUT2D eigenvalue weighted by atomic mass is 16.4. The summed E-state index contributed by atoms with van der Waals surface area (Å²) in [4.78, 5) is 0. The zero-order chi connectivity index (χ0) is 14.5. The monoisotopic (exact) mass is 283 g/mol. The number of aliphatic hydroxyl groups is 1. The van der Waals surface area contributed by atoms with Crippen LogP contribution in [0.2, 0.25) is 0 Å². The molecular formula is C16H17N3O2. The smallest absolute Gasteiger partial charge is 0.133 e. The molecule has 108 valence electrons. The molecule has 0 aliphatic heterocycles. The van der Waals surface area contributed by atoms with Crippen LogP contribution in [0.25, 0.3) is 11.3 Å². The third kappa shape index (κ3) is 3.39. The third-order valence-electron chi connectivity index (χ3n) is 3.23. The summed E-state index contributed by atoms with van der Waals surface area (Å²) >= 11 is 0. The van der Waals surface area contributed by atoms with E-state index in [1.165, 1.54) is 0 Å². The van der Waals surface area contributed by atoms with Crippen molar-refractivity contribution in [3.8, 4) is 11.3 Å². The van der Waals surface area contributed by atoms with Gasteiger partial charge in [0.1, 0.15) is 11.9 Å². The molecule has 1 aromatic carbocycles. The molecule has 1 unspecified atom stereocenters. The molecule has 5 heteroatoms. The molecule has 0 spiro atoms. The molecule has 5 nitrogen and oxygen atoms in total. The fraction of sp³-hybridized carbons (Fsp3) is 0.188. The molecule has 3 N–H and O–H groups in total. The van der Waals surface area contributed by atoms with Gasteiger partial charge in [0, 0.05) is 24.3 Å². The molecule has 1 atom stereocenters. The van der Waals surface area contributed by atoms with Gasteiger partial charge in [-0.25, -0.2) is 0 Å². The Balaban J connectivity index is 1.54. The second kappa shape index (κ2) is 6.39. The quantitative estimate of drug-likeness (QED) is 0.650. The number of H-pyrrole nitrogens is 1. The van der Waals surface area contributed by atoms with Crippen molar-refractivity contribution in [2.75, 3.05) is 6.54 Å². The van der Waals surface area contributed by atoms with Crippen LogP contribution >= 0.6 is 0 Å². The largest absolute Gasteiger partial charge is 0.467 e. The maximum absolute atomic E-state index is 9.89. The van der Waals surface area contributed by atoms with Crippen molar-refractivity contribution in [3.63, 3.8) is 0 Å². The molecule has 21 heavy (non-hydrogen) atoms. The lowest BCUT2D eigenvalue weighted by molar-refractivity contribution is 0.147. The van der Waals surface area contributed by atoms with Gasteiger partial charge >= 0.3 is 0 Å². The number of hydrogen-bond donors (Lipinski definition) is 3. The van der Waals surface area contributed by atoms with Crippen LogP contribution in [0.1, 0.15) is 17.6 Å². The van der Waals surface area contributed by atoms with Crippen molar-refractivity contribution >= 4 is 0 Å². The van der Waals surface area contributed by atoms with E-state index in [0.29, 0.717) is 18.8 Å². The molecule has 0 amide bonds. The van der Waals surface area contributed by atoms with Gasteiger partial charge in [0.25, 0.3) is 0 Å². The molecule has 2 heterocycles.